The summed E-state index contributed by atoms with van der Waals surface area (Å²) in [6.45, 7) is 0. The van der Waals surface area contributed by atoms with E-state index >= 15 is 0 Å². The average Bonchev–Trinajstić information content (AvgIpc) is 3.36. The highest BCUT2D eigenvalue weighted by Crippen LogP contribution is 2.36. The van der Waals surface area contributed by atoms with Crippen LogP contribution >= 0.6 is 11.3 Å². The summed E-state index contributed by atoms with van der Waals surface area (Å²) in [5.41, 5.74) is 4.04. The number of thiazole rings is 1. The molecule has 136 valence electrons. The molecule has 0 N–H and O–H groups in total. The van der Waals surface area contributed by atoms with Crippen LogP contribution in [0.5, 0.6) is 11.5 Å². The van der Waals surface area contributed by atoms with E-state index in [1.54, 1.807) is 31.8 Å². The highest BCUT2D eigenvalue weighted by molar-refractivity contribution is 7.13. The van der Waals surface area contributed by atoms with Crippen molar-refractivity contribution in [3.05, 3.63) is 60.1 Å². The molecule has 0 spiro atoms. The molecule has 0 aliphatic heterocycles. The second kappa shape index (κ2) is 7.25. The SMILES string of the molecule is COc1ccc(-c2nc(-c3nccs3)n(C)c2-c2ccc(OC)cc2)cc1. The quantitative estimate of drug-likeness (QED) is 0.497. The van der Waals surface area contributed by atoms with Gasteiger partial charge in [0.15, 0.2) is 10.8 Å². The second-order valence-corrected chi connectivity index (χ2v) is 6.88. The summed E-state index contributed by atoms with van der Waals surface area (Å²) in [4.78, 5) is 9.37. The highest BCUT2D eigenvalue weighted by atomic mass is 32.1. The van der Waals surface area contributed by atoms with Crippen LogP contribution in [0.2, 0.25) is 0 Å². The summed E-state index contributed by atoms with van der Waals surface area (Å²) in [5.74, 6) is 2.49. The largest absolute Gasteiger partial charge is 0.497 e. The molecule has 0 saturated heterocycles. The molecule has 4 aromatic rings. The van der Waals surface area contributed by atoms with Gasteiger partial charge in [-0.3, -0.25) is 0 Å². The van der Waals surface area contributed by atoms with Crippen LogP contribution in [0.1, 0.15) is 0 Å². The number of nitrogens with zero attached hydrogens (tertiary/aromatic N) is 3. The normalized spacial score (nSPS) is 10.8. The van der Waals surface area contributed by atoms with E-state index < -0.39 is 0 Å². The maximum Gasteiger partial charge on any atom is 0.170 e. The number of hydrogen-bond donors (Lipinski definition) is 0. The van der Waals surface area contributed by atoms with Crippen LogP contribution in [0.4, 0.5) is 0 Å². The molecule has 0 aliphatic rings. The van der Waals surface area contributed by atoms with Crippen molar-refractivity contribution in [1.29, 1.82) is 0 Å². The van der Waals surface area contributed by atoms with Crippen molar-refractivity contribution < 1.29 is 9.47 Å². The number of methoxy groups -OCH3 is 2. The number of aromatic nitrogens is 3. The maximum absolute atomic E-state index is 5.30. The Morgan fingerprint density at radius 3 is 1.96 bits per heavy atom. The molecule has 0 atom stereocenters. The molecule has 0 fully saturated rings. The molecule has 2 aromatic carbocycles. The Morgan fingerprint density at radius 1 is 0.852 bits per heavy atom. The molecule has 0 amide bonds. The monoisotopic (exact) mass is 377 g/mol. The molecule has 5 nitrogen and oxygen atoms in total. The first-order chi connectivity index (χ1) is 13.2. The molecule has 2 aromatic heterocycles. The van der Waals surface area contributed by atoms with E-state index in [2.05, 4.69) is 21.7 Å². The first-order valence-electron chi connectivity index (χ1n) is 8.46. The summed E-state index contributed by atoms with van der Waals surface area (Å²) < 4.78 is 12.7. The van der Waals surface area contributed by atoms with E-state index in [0.717, 1.165) is 44.8 Å². The predicted molar refractivity (Wildman–Crippen MR) is 108 cm³/mol. The van der Waals surface area contributed by atoms with Crippen LogP contribution in [-0.2, 0) is 7.05 Å². The summed E-state index contributed by atoms with van der Waals surface area (Å²) in [6, 6.07) is 16.0. The zero-order valence-electron chi connectivity index (χ0n) is 15.3. The van der Waals surface area contributed by atoms with Crippen molar-refractivity contribution in [2.75, 3.05) is 14.2 Å². The van der Waals surface area contributed by atoms with Gasteiger partial charge in [-0.25, -0.2) is 9.97 Å². The van der Waals surface area contributed by atoms with E-state index in [4.69, 9.17) is 14.5 Å². The van der Waals surface area contributed by atoms with Crippen molar-refractivity contribution in [2.24, 2.45) is 7.05 Å². The summed E-state index contributed by atoms with van der Waals surface area (Å²) in [5, 5.41) is 2.86. The molecule has 0 saturated carbocycles. The Morgan fingerprint density at radius 2 is 1.44 bits per heavy atom. The summed E-state index contributed by atoms with van der Waals surface area (Å²) in [7, 11) is 5.36. The number of benzene rings is 2. The topological polar surface area (TPSA) is 49.2 Å². The Kier molecular flexibility index (Phi) is 4.64. The van der Waals surface area contributed by atoms with Gasteiger partial charge in [0.2, 0.25) is 0 Å². The molecule has 0 bridgehead atoms. The van der Waals surface area contributed by atoms with Gasteiger partial charge in [0.1, 0.15) is 11.5 Å². The van der Waals surface area contributed by atoms with Crippen molar-refractivity contribution in [2.45, 2.75) is 0 Å². The molecule has 27 heavy (non-hydrogen) atoms. The van der Waals surface area contributed by atoms with E-state index in [-0.39, 0.29) is 0 Å². The van der Waals surface area contributed by atoms with Crippen LogP contribution in [0.3, 0.4) is 0 Å². The molecule has 4 rings (SSSR count). The Labute approximate surface area is 161 Å². The molecule has 0 unspecified atom stereocenters. The molecule has 0 aliphatic carbocycles. The fourth-order valence-electron chi connectivity index (χ4n) is 3.05. The third-order valence-electron chi connectivity index (χ3n) is 4.45. The molecule has 2 heterocycles. The third-order valence-corrected chi connectivity index (χ3v) is 5.21. The fourth-order valence-corrected chi connectivity index (χ4v) is 3.71. The van der Waals surface area contributed by atoms with Gasteiger partial charge in [-0.2, -0.15) is 0 Å². The maximum atomic E-state index is 5.30. The molecule has 6 heteroatoms. The van der Waals surface area contributed by atoms with Gasteiger partial charge in [0.05, 0.1) is 25.6 Å². The van der Waals surface area contributed by atoms with Crippen LogP contribution in [0, 0.1) is 0 Å². The number of imidazole rings is 1. The van der Waals surface area contributed by atoms with Crippen molar-refractivity contribution in [3.63, 3.8) is 0 Å². The van der Waals surface area contributed by atoms with Crippen LogP contribution in [0.25, 0.3) is 33.3 Å². The lowest BCUT2D eigenvalue weighted by atomic mass is 10.0. The summed E-state index contributed by atoms with van der Waals surface area (Å²) >= 11 is 1.58. The van der Waals surface area contributed by atoms with E-state index in [0.29, 0.717) is 0 Å². The van der Waals surface area contributed by atoms with E-state index in [9.17, 15) is 0 Å². The Bertz CT molecular complexity index is 1040. The first-order valence-corrected chi connectivity index (χ1v) is 9.34. The van der Waals surface area contributed by atoms with Gasteiger partial charge < -0.3 is 14.0 Å². The zero-order chi connectivity index (χ0) is 18.8. The lowest BCUT2D eigenvalue weighted by Gasteiger charge is -2.09. The third kappa shape index (κ3) is 3.19. The number of ether oxygens (including phenoxy) is 2. The van der Waals surface area contributed by atoms with Gasteiger partial charge in [-0.15, -0.1) is 11.3 Å². The average molecular weight is 377 g/mol. The number of hydrogen-bond acceptors (Lipinski definition) is 5. The zero-order valence-corrected chi connectivity index (χ0v) is 16.2. The fraction of sp³-hybridized carbons (Fsp3) is 0.143. The van der Waals surface area contributed by atoms with Crippen molar-refractivity contribution in [3.8, 4) is 44.8 Å². The number of rotatable bonds is 5. The Balaban J connectivity index is 1.90. The molecular weight excluding hydrogens is 358 g/mol. The summed E-state index contributed by atoms with van der Waals surface area (Å²) in [6.07, 6.45) is 1.80. The first kappa shape index (κ1) is 17.3. The Hall–Kier alpha value is -3.12. The van der Waals surface area contributed by atoms with E-state index in [1.165, 1.54) is 0 Å². The van der Waals surface area contributed by atoms with Crippen LogP contribution in [0.15, 0.2) is 60.1 Å². The lowest BCUT2D eigenvalue weighted by molar-refractivity contribution is 0.414. The van der Waals surface area contributed by atoms with E-state index in [1.807, 2.05) is 48.8 Å². The predicted octanol–water partition coefficient (Wildman–Crippen LogP) is 4.89. The minimum atomic E-state index is 0.820. The molecule has 0 radical (unpaired) electrons. The minimum absolute atomic E-state index is 0.820. The van der Waals surface area contributed by atoms with Crippen molar-refractivity contribution >= 4 is 11.3 Å². The minimum Gasteiger partial charge on any atom is -0.497 e. The van der Waals surface area contributed by atoms with Crippen LogP contribution in [-0.4, -0.2) is 28.8 Å². The second-order valence-electron chi connectivity index (χ2n) is 5.99. The smallest absolute Gasteiger partial charge is 0.170 e. The van der Waals surface area contributed by atoms with Gasteiger partial charge in [-0.05, 0) is 48.5 Å². The van der Waals surface area contributed by atoms with Crippen molar-refractivity contribution in [1.82, 2.24) is 14.5 Å². The standard InChI is InChI=1S/C21H19N3O2S/c1-24-19(15-6-10-17(26-3)11-7-15)18(14-4-8-16(25-2)9-5-14)23-20(24)21-22-12-13-27-21/h4-13H,1-3H3. The van der Waals surface area contributed by atoms with Gasteiger partial charge in [0, 0.05) is 29.8 Å². The van der Waals surface area contributed by atoms with Gasteiger partial charge in [-0.1, -0.05) is 0 Å². The molecular formula is C21H19N3O2S. The van der Waals surface area contributed by atoms with Gasteiger partial charge in [0.25, 0.3) is 0 Å². The van der Waals surface area contributed by atoms with Gasteiger partial charge >= 0.3 is 0 Å². The lowest BCUT2D eigenvalue weighted by Crippen LogP contribution is -1.95. The van der Waals surface area contributed by atoms with Crippen LogP contribution < -0.4 is 9.47 Å². The highest BCUT2D eigenvalue weighted by Gasteiger charge is 2.20.